The average molecular weight is 293 g/mol. The van der Waals surface area contributed by atoms with Gasteiger partial charge < -0.3 is 5.11 Å². The molecule has 3 nitrogen and oxygen atoms in total. The van der Waals surface area contributed by atoms with Gasteiger partial charge in [-0.1, -0.05) is 25.1 Å². The molecule has 1 N–H and O–H groups in total. The summed E-state index contributed by atoms with van der Waals surface area (Å²) >= 11 is 3.28. The lowest BCUT2D eigenvalue weighted by atomic mass is 10.1. The summed E-state index contributed by atoms with van der Waals surface area (Å²) in [6, 6.07) is 8.16. The molecule has 0 aliphatic rings. The molecule has 1 aromatic carbocycles. The third kappa shape index (κ3) is 3.81. The fourth-order valence-electron chi connectivity index (χ4n) is 1.63. The number of nitrogens with zero attached hydrogens (tertiary/aromatic N) is 1. The number of aromatic nitrogens is 1. The molecule has 5 heteroatoms. The van der Waals surface area contributed by atoms with Gasteiger partial charge in [-0.3, -0.25) is 0 Å². The number of hydrogen-bond acceptors (Lipinski definition) is 4. The van der Waals surface area contributed by atoms with Gasteiger partial charge in [-0.25, -0.2) is 9.78 Å². The van der Waals surface area contributed by atoms with Crippen LogP contribution in [0, 0.1) is 0 Å². The highest BCUT2D eigenvalue weighted by atomic mass is 32.2. The van der Waals surface area contributed by atoms with Crippen molar-refractivity contribution in [2.45, 2.75) is 19.1 Å². The van der Waals surface area contributed by atoms with Crippen LogP contribution < -0.4 is 0 Å². The maximum absolute atomic E-state index is 10.8. The Balaban J connectivity index is 2.15. The molecule has 0 unspecified atom stereocenters. The molecule has 0 aliphatic heterocycles. The fourth-order valence-corrected chi connectivity index (χ4v) is 3.27. The van der Waals surface area contributed by atoms with Gasteiger partial charge in [-0.15, -0.1) is 11.3 Å². The quantitative estimate of drug-likeness (QED) is 0.813. The standard InChI is InChI=1S/C14H15NO2S2/c1-2-6-18-8-10-4-3-5-11(7-10)13-15-12(9-19-13)14(16)17/h3-5,7,9H,2,6,8H2,1H3,(H,16,17). The van der Waals surface area contributed by atoms with Gasteiger partial charge in [0.05, 0.1) is 0 Å². The highest BCUT2D eigenvalue weighted by Gasteiger charge is 2.10. The minimum Gasteiger partial charge on any atom is -0.476 e. The Morgan fingerprint density at radius 2 is 2.32 bits per heavy atom. The second-order valence-electron chi connectivity index (χ2n) is 4.10. The first-order chi connectivity index (χ1) is 9.20. The van der Waals surface area contributed by atoms with Crippen LogP contribution >= 0.6 is 23.1 Å². The third-order valence-corrected chi connectivity index (χ3v) is 4.64. The summed E-state index contributed by atoms with van der Waals surface area (Å²) in [6.07, 6.45) is 1.18. The Morgan fingerprint density at radius 1 is 1.47 bits per heavy atom. The van der Waals surface area contributed by atoms with E-state index < -0.39 is 5.97 Å². The van der Waals surface area contributed by atoms with Gasteiger partial charge in [0.2, 0.25) is 0 Å². The molecule has 1 heterocycles. The van der Waals surface area contributed by atoms with Crippen molar-refractivity contribution in [1.82, 2.24) is 4.98 Å². The number of benzene rings is 1. The second kappa shape index (κ2) is 6.73. The van der Waals surface area contributed by atoms with Crippen molar-refractivity contribution in [3.05, 3.63) is 40.9 Å². The first-order valence-electron chi connectivity index (χ1n) is 6.06. The minimum atomic E-state index is -0.975. The zero-order valence-corrected chi connectivity index (χ0v) is 12.3. The Morgan fingerprint density at radius 3 is 3.00 bits per heavy atom. The molecule has 0 atom stereocenters. The van der Waals surface area contributed by atoms with Gasteiger partial charge in [-0.2, -0.15) is 11.8 Å². The minimum absolute atomic E-state index is 0.116. The lowest BCUT2D eigenvalue weighted by molar-refractivity contribution is 0.0691. The summed E-state index contributed by atoms with van der Waals surface area (Å²) in [7, 11) is 0. The Kier molecular flexibility index (Phi) is 4.99. The highest BCUT2D eigenvalue weighted by molar-refractivity contribution is 7.98. The maximum Gasteiger partial charge on any atom is 0.355 e. The van der Waals surface area contributed by atoms with Gasteiger partial charge in [0.25, 0.3) is 0 Å². The van der Waals surface area contributed by atoms with Gasteiger partial charge in [-0.05, 0) is 23.8 Å². The van der Waals surface area contributed by atoms with E-state index in [-0.39, 0.29) is 5.69 Å². The average Bonchev–Trinajstić information content (AvgIpc) is 2.89. The molecule has 0 amide bonds. The maximum atomic E-state index is 10.8. The SMILES string of the molecule is CCCSCc1cccc(-c2nc(C(=O)O)cs2)c1. The first-order valence-corrected chi connectivity index (χ1v) is 8.10. The van der Waals surface area contributed by atoms with Crippen LogP contribution in [0.15, 0.2) is 29.6 Å². The summed E-state index contributed by atoms with van der Waals surface area (Å²) < 4.78 is 0. The summed E-state index contributed by atoms with van der Waals surface area (Å²) in [5, 5.41) is 11.2. The van der Waals surface area contributed by atoms with Crippen molar-refractivity contribution in [3.63, 3.8) is 0 Å². The van der Waals surface area contributed by atoms with Crippen molar-refractivity contribution < 1.29 is 9.90 Å². The van der Waals surface area contributed by atoms with E-state index in [4.69, 9.17) is 5.11 Å². The van der Waals surface area contributed by atoms with Crippen LogP contribution in [0.3, 0.4) is 0 Å². The Bertz CT molecular complexity index is 566. The Labute approximate surface area is 120 Å². The smallest absolute Gasteiger partial charge is 0.355 e. The van der Waals surface area contributed by atoms with Crippen molar-refractivity contribution in [2.75, 3.05) is 5.75 Å². The second-order valence-corrected chi connectivity index (χ2v) is 6.06. The summed E-state index contributed by atoms with van der Waals surface area (Å²) in [5.41, 5.74) is 2.36. The lowest BCUT2D eigenvalue weighted by Gasteiger charge is -2.03. The molecule has 0 saturated carbocycles. The molecule has 19 heavy (non-hydrogen) atoms. The van der Waals surface area contributed by atoms with Crippen LogP contribution in [-0.2, 0) is 5.75 Å². The lowest BCUT2D eigenvalue weighted by Crippen LogP contribution is -1.95. The van der Waals surface area contributed by atoms with E-state index in [1.807, 2.05) is 23.9 Å². The number of aromatic carboxylic acids is 1. The zero-order chi connectivity index (χ0) is 13.7. The van der Waals surface area contributed by atoms with Crippen molar-refractivity contribution in [2.24, 2.45) is 0 Å². The molecule has 0 fully saturated rings. The third-order valence-electron chi connectivity index (χ3n) is 2.51. The van der Waals surface area contributed by atoms with Crippen LogP contribution in [0.2, 0.25) is 0 Å². The fraction of sp³-hybridized carbons (Fsp3) is 0.286. The molecule has 2 rings (SSSR count). The monoisotopic (exact) mass is 293 g/mol. The normalized spacial score (nSPS) is 10.6. The van der Waals surface area contributed by atoms with Gasteiger partial charge >= 0.3 is 5.97 Å². The van der Waals surface area contributed by atoms with E-state index in [1.165, 1.54) is 23.3 Å². The number of thiazole rings is 1. The largest absolute Gasteiger partial charge is 0.476 e. The van der Waals surface area contributed by atoms with Crippen molar-refractivity contribution in [1.29, 1.82) is 0 Å². The van der Waals surface area contributed by atoms with Gasteiger partial charge in [0.1, 0.15) is 5.01 Å². The number of carbonyl (C=O) groups is 1. The zero-order valence-electron chi connectivity index (χ0n) is 10.6. The number of rotatable bonds is 6. The number of hydrogen-bond donors (Lipinski definition) is 1. The van der Waals surface area contributed by atoms with Crippen molar-refractivity contribution >= 4 is 29.1 Å². The summed E-state index contributed by atoms with van der Waals surface area (Å²) in [4.78, 5) is 15.0. The molecule has 0 aliphatic carbocycles. The van der Waals surface area contributed by atoms with E-state index in [0.29, 0.717) is 0 Å². The van der Waals surface area contributed by atoms with E-state index in [0.717, 1.165) is 22.1 Å². The summed E-state index contributed by atoms with van der Waals surface area (Å²) in [6.45, 7) is 2.17. The van der Waals surface area contributed by atoms with Crippen LogP contribution in [-0.4, -0.2) is 21.8 Å². The predicted molar refractivity (Wildman–Crippen MR) is 81.0 cm³/mol. The highest BCUT2D eigenvalue weighted by Crippen LogP contribution is 2.25. The first kappa shape index (κ1) is 14.1. The van der Waals surface area contributed by atoms with E-state index in [1.54, 1.807) is 5.38 Å². The van der Waals surface area contributed by atoms with Crippen LogP contribution in [0.5, 0.6) is 0 Å². The molecule has 2 aromatic rings. The molecule has 0 saturated heterocycles. The number of thioether (sulfide) groups is 1. The Hall–Kier alpha value is -1.33. The molecule has 0 radical (unpaired) electrons. The molecular formula is C14H15NO2S2. The summed E-state index contributed by atoms with van der Waals surface area (Å²) in [5.74, 6) is 1.17. The molecule has 1 aromatic heterocycles. The van der Waals surface area contributed by atoms with E-state index >= 15 is 0 Å². The molecule has 0 bridgehead atoms. The number of carboxylic acid groups (broad SMARTS) is 1. The van der Waals surface area contributed by atoms with Crippen LogP contribution in [0.1, 0.15) is 29.4 Å². The molecule has 100 valence electrons. The number of carboxylic acids is 1. The van der Waals surface area contributed by atoms with Crippen LogP contribution in [0.25, 0.3) is 10.6 Å². The predicted octanol–water partition coefficient (Wildman–Crippen LogP) is 4.15. The van der Waals surface area contributed by atoms with Crippen molar-refractivity contribution in [3.8, 4) is 10.6 Å². The molecule has 0 spiro atoms. The van der Waals surface area contributed by atoms with Crippen LogP contribution in [0.4, 0.5) is 0 Å². The van der Waals surface area contributed by atoms with Gasteiger partial charge in [0, 0.05) is 16.7 Å². The van der Waals surface area contributed by atoms with E-state index in [9.17, 15) is 4.79 Å². The molecular weight excluding hydrogens is 278 g/mol. The topological polar surface area (TPSA) is 50.2 Å². The van der Waals surface area contributed by atoms with E-state index in [2.05, 4.69) is 24.0 Å². The van der Waals surface area contributed by atoms with Gasteiger partial charge in [0.15, 0.2) is 5.69 Å².